The van der Waals surface area contributed by atoms with Gasteiger partial charge in [-0.25, -0.2) is 9.78 Å². The Labute approximate surface area is 238 Å². The number of hydrogen-bond donors (Lipinski definition) is 2. The van der Waals surface area contributed by atoms with Crippen LogP contribution in [-0.4, -0.2) is 47.2 Å². The average Bonchev–Trinajstić information content (AvgIpc) is 3.62. The van der Waals surface area contributed by atoms with E-state index in [1.807, 2.05) is 55.5 Å². The number of aryl methyl sites for hydroxylation is 1. The molecule has 216 valence electrons. The van der Waals surface area contributed by atoms with Crippen molar-refractivity contribution in [2.75, 3.05) is 0 Å². The first-order valence-corrected chi connectivity index (χ1v) is 13.6. The molecule has 41 heavy (non-hydrogen) atoms. The van der Waals surface area contributed by atoms with E-state index in [1.165, 1.54) is 0 Å². The van der Waals surface area contributed by atoms with Gasteiger partial charge in [0.15, 0.2) is 12.4 Å². The van der Waals surface area contributed by atoms with Crippen molar-refractivity contribution in [2.24, 2.45) is 5.41 Å². The van der Waals surface area contributed by atoms with Crippen LogP contribution < -0.4 is 0 Å². The van der Waals surface area contributed by atoms with Gasteiger partial charge in [-0.3, -0.25) is 9.36 Å². The van der Waals surface area contributed by atoms with Crippen LogP contribution in [0.2, 0.25) is 0 Å². The first-order chi connectivity index (χ1) is 19.6. The highest BCUT2D eigenvalue weighted by Gasteiger charge is 2.29. The summed E-state index contributed by atoms with van der Waals surface area (Å²) >= 11 is 0. The molecule has 2 N–H and O–H groups in total. The highest BCUT2D eigenvalue weighted by Crippen LogP contribution is 2.30. The van der Waals surface area contributed by atoms with E-state index >= 15 is 0 Å². The first kappa shape index (κ1) is 29.6. The molecule has 0 spiro atoms. The molecule has 2 aromatic heterocycles. The third-order valence-corrected chi connectivity index (χ3v) is 6.51. The Bertz CT molecular complexity index is 1470. The van der Waals surface area contributed by atoms with Gasteiger partial charge in [-0.2, -0.15) is 5.21 Å². The summed E-state index contributed by atoms with van der Waals surface area (Å²) in [5, 5.41) is 24.9. The number of aliphatic hydroxyl groups excluding tert-OH is 1. The van der Waals surface area contributed by atoms with Crippen molar-refractivity contribution in [3.63, 3.8) is 0 Å². The Morgan fingerprint density at radius 2 is 1.76 bits per heavy atom. The molecule has 1 unspecified atom stereocenters. The van der Waals surface area contributed by atoms with E-state index in [0.717, 1.165) is 35.1 Å². The van der Waals surface area contributed by atoms with Crippen LogP contribution in [0.15, 0.2) is 48.5 Å². The van der Waals surface area contributed by atoms with Crippen LogP contribution >= 0.6 is 0 Å². The van der Waals surface area contributed by atoms with Crippen molar-refractivity contribution in [1.29, 1.82) is 0 Å². The Hall–Kier alpha value is -4.38. The number of hydrogen-bond acceptors (Lipinski definition) is 9. The zero-order chi connectivity index (χ0) is 29.6. The molecule has 0 aliphatic heterocycles. The number of rotatable bonds is 11. The standard InChI is InChI=1S/C30H36N6O5/c1-6-7-12-24-31-25(26(19(2)37)36(24)18-41-29(39)30(3,4)5)28(38)40-17-20-13-15-21(16-14-20)22-10-8-9-11-23(22)27-32-34-35-33-27/h8-11,13-16,19,37H,6-7,12,17-18H2,1-5H3,(H,32,33,34,35). The summed E-state index contributed by atoms with van der Waals surface area (Å²) in [5.41, 5.74) is 3.09. The lowest BCUT2D eigenvalue weighted by Gasteiger charge is -2.19. The molecular formula is C30H36N6O5. The quantitative estimate of drug-likeness (QED) is 0.241. The molecular weight excluding hydrogens is 524 g/mol. The van der Waals surface area contributed by atoms with E-state index in [-0.39, 0.29) is 24.7 Å². The van der Waals surface area contributed by atoms with E-state index in [4.69, 9.17) is 9.47 Å². The lowest BCUT2D eigenvalue weighted by atomic mass is 9.98. The number of H-pyrrole nitrogens is 1. The number of nitrogens with zero attached hydrogens (tertiary/aromatic N) is 5. The molecule has 0 saturated carbocycles. The van der Waals surface area contributed by atoms with Crippen molar-refractivity contribution >= 4 is 11.9 Å². The predicted molar refractivity (Wildman–Crippen MR) is 151 cm³/mol. The van der Waals surface area contributed by atoms with E-state index in [0.29, 0.717) is 18.1 Å². The van der Waals surface area contributed by atoms with E-state index in [1.54, 1.807) is 32.3 Å². The molecule has 0 aliphatic rings. The van der Waals surface area contributed by atoms with Crippen LogP contribution in [-0.2, 0) is 34.0 Å². The van der Waals surface area contributed by atoms with Gasteiger partial charge in [-0.1, -0.05) is 61.9 Å². The van der Waals surface area contributed by atoms with E-state index < -0.39 is 23.5 Å². The molecule has 4 rings (SSSR count). The summed E-state index contributed by atoms with van der Waals surface area (Å²) in [6.45, 7) is 8.75. The minimum atomic E-state index is -1.03. The minimum Gasteiger partial charge on any atom is -0.456 e. The number of imidazole rings is 1. The van der Waals surface area contributed by atoms with Crippen molar-refractivity contribution < 1.29 is 24.2 Å². The van der Waals surface area contributed by atoms with Gasteiger partial charge in [0.2, 0.25) is 5.82 Å². The fraction of sp³-hybridized carbons (Fsp3) is 0.400. The summed E-state index contributed by atoms with van der Waals surface area (Å²) in [4.78, 5) is 30.1. The monoisotopic (exact) mass is 560 g/mol. The number of aromatic nitrogens is 6. The number of benzene rings is 2. The van der Waals surface area contributed by atoms with Gasteiger partial charge in [0, 0.05) is 12.0 Å². The summed E-state index contributed by atoms with van der Waals surface area (Å²) in [6, 6.07) is 15.4. The first-order valence-electron chi connectivity index (χ1n) is 13.6. The molecule has 0 fully saturated rings. The second-order valence-electron chi connectivity index (χ2n) is 10.8. The third kappa shape index (κ3) is 7.04. The fourth-order valence-corrected chi connectivity index (χ4v) is 4.30. The predicted octanol–water partition coefficient (Wildman–Crippen LogP) is 5.03. The lowest BCUT2D eigenvalue weighted by Crippen LogP contribution is -2.25. The van der Waals surface area contributed by atoms with Gasteiger partial charge in [0.25, 0.3) is 0 Å². The molecule has 0 amide bonds. The van der Waals surface area contributed by atoms with Gasteiger partial charge in [0.05, 0.1) is 17.2 Å². The Morgan fingerprint density at radius 3 is 2.37 bits per heavy atom. The summed E-state index contributed by atoms with van der Waals surface area (Å²) in [6.07, 6.45) is 1.25. The van der Waals surface area contributed by atoms with Gasteiger partial charge >= 0.3 is 11.9 Å². The molecule has 2 aromatic carbocycles. The molecule has 1 atom stereocenters. The second-order valence-corrected chi connectivity index (χ2v) is 10.8. The Kier molecular flexibility index (Phi) is 9.28. The number of aromatic amines is 1. The number of carbonyl (C=O) groups excluding carboxylic acids is 2. The highest BCUT2D eigenvalue weighted by molar-refractivity contribution is 5.89. The van der Waals surface area contributed by atoms with E-state index in [2.05, 4.69) is 25.6 Å². The van der Waals surface area contributed by atoms with Crippen LogP contribution in [0.3, 0.4) is 0 Å². The molecule has 11 nitrogen and oxygen atoms in total. The van der Waals surface area contributed by atoms with Crippen LogP contribution in [0.4, 0.5) is 0 Å². The van der Waals surface area contributed by atoms with Gasteiger partial charge in [-0.05, 0) is 56.0 Å². The van der Waals surface area contributed by atoms with Crippen LogP contribution in [0.1, 0.15) is 81.1 Å². The maximum Gasteiger partial charge on any atom is 0.359 e. The number of unbranched alkanes of at least 4 members (excludes halogenated alkanes) is 1. The highest BCUT2D eigenvalue weighted by atomic mass is 16.5. The molecule has 0 radical (unpaired) electrons. The topological polar surface area (TPSA) is 145 Å². The molecule has 2 heterocycles. The SMILES string of the molecule is CCCCc1nc(C(=O)OCc2ccc(-c3ccccc3-c3nn[nH]n3)cc2)c(C(C)O)n1COC(=O)C(C)(C)C. The number of ether oxygens (including phenoxy) is 2. The Morgan fingerprint density at radius 1 is 1.05 bits per heavy atom. The summed E-state index contributed by atoms with van der Waals surface area (Å²) in [5.74, 6) is 0.00205. The van der Waals surface area contributed by atoms with Gasteiger partial charge < -0.3 is 14.6 Å². The number of nitrogens with one attached hydrogen (secondary N) is 1. The van der Waals surface area contributed by atoms with Crippen molar-refractivity contribution in [1.82, 2.24) is 30.2 Å². The summed E-state index contributed by atoms with van der Waals surface area (Å²) < 4.78 is 12.7. The molecule has 0 aliphatic carbocycles. The van der Waals surface area contributed by atoms with Gasteiger partial charge in [-0.15, -0.1) is 10.2 Å². The second kappa shape index (κ2) is 12.9. The van der Waals surface area contributed by atoms with Crippen molar-refractivity contribution in [2.45, 2.75) is 73.3 Å². The molecule has 0 saturated heterocycles. The maximum absolute atomic E-state index is 13.2. The normalized spacial score (nSPS) is 12.2. The zero-order valence-electron chi connectivity index (χ0n) is 24.0. The lowest BCUT2D eigenvalue weighted by molar-refractivity contribution is -0.157. The number of carbonyl (C=O) groups is 2. The smallest absolute Gasteiger partial charge is 0.359 e. The number of tetrazole rings is 1. The zero-order valence-corrected chi connectivity index (χ0v) is 24.0. The van der Waals surface area contributed by atoms with Gasteiger partial charge in [0.1, 0.15) is 12.4 Å². The molecule has 11 heteroatoms. The third-order valence-electron chi connectivity index (χ3n) is 6.51. The van der Waals surface area contributed by atoms with E-state index in [9.17, 15) is 14.7 Å². The minimum absolute atomic E-state index is 0.0149. The Balaban J connectivity index is 1.52. The van der Waals surface area contributed by atoms with Crippen LogP contribution in [0, 0.1) is 5.41 Å². The number of esters is 2. The fourth-order valence-electron chi connectivity index (χ4n) is 4.30. The average molecular weight is 561 g/mol. The van der Waals surface area contributed by atoms with Crippen molar-refractivity contribution in [3.8, 4) is 22.5 Å². The molecule has 4 aromatic rings. The molecule has 0 bridgehead atoms. The van der Waals surface area contributed by atoms with Crippen LogP contribution in [0.5, 0.6) is 0 Å². The summed E-state index contributed by atoms with van der Waals surface area (Å²) in [7, 11) is 0. The van der Waals surface area contributed by atoms with Crippen LogP contribution in [0.25, 0.3) is 22.5 Å². The maximum atomic E-state index is 13.2. The van der Waals surface area contributed by atoms with Crippen molar-refractivity contribution in [3.05, 3.63) is 71.3 Å². The largest absolute Gasteiger partial charge is 0.456 e. The number of aliphatic hydroxyl groups is 1.